The monoisotopic (exact) mass is 253 g/mol. The van der Waals surface area contributed by atoms with E-state index in [1.807, 2.05) is 18.2 Å². The summed E-state index contributed by atoms with van der Waals surface area (Å²) in [4.78, 5) is 4.84. The van der Waals surface area contributed by atoms with Crippen molar-refractivity contribution in [3.8, 4) is 0 Å². The Morgan fingerprint density at radius 1 is 1.41 bits per heavy atom. The molecule has 1 atom stereocenters. The fraction of sp³-hybridized carbons (Fsp3) is 0.538. The van der Waals surface area contributed by atoms with Crippen molar-refractivity contribution in [1.29, 1.82) is 0 Å². The highest BCUT2D eigenvalue weighted by Gasteiger charge is 2.21. The Morgan fingerprint density at radius 2 is 2.18 bits per heavy atom. The van der Waals surface area contributed by atoms with E-state index in [-0.39, 0.29) is 0 Å². The van der Waals surface area contributed by atoms with Crippen molar-refractivity contribution in [3.05, 3.63) is 28.8 Å². The van der Waals surface area contributed by atoms with E-state index in [1.165, 1.54) is 5.56 Å². The number of halogens is 1. The van der Waals surface area contributed by atoms with Gasteiger partial charge in [-0.3, -0.25) is 4.90 Å². The van der Waals surface area contributed by atoms with Gasteiger partial charge < -0.3 is 10.6 Å². The van der Waals surface area contributed by atoms with Gasteiger partial charge in [0.15, 0.2) is 0 Å². The molecule has 1 aliphatic rings. The number of rotatable bonds is 2. The van der Waals surface area contributed by atoms with Crippen molar-refractivity contribution in [2.75, 3.05) is 32.4 Å². The van der Waals surface area contributed by atoms with Crippen LogP contribution in [0.2, 0.25) is 5.02 Å². The molecule has 2 N–H and O–H groups in total. The van der Waals surface area contributed by atoms with Crippen LogP contribution in [-0.4, -0.2) is 42.5 Å². The molecule has 0 bridgehead atoms. The molecule has 0 amide bonds. The van der Waals surface area contributed by atoms with Crippen LogP contribution in [0.3, 0.4) is 0 Å². The first-order chi connectivity index (χ1) is 8.06. The molecule has 1 aromatic carbocycles. The minimum absolute atomic E-state index is 0.573. The number of nitrogens with two attached hydrogens (primary N) is 1. The summed E-state index contributed by atoms with van der Waals surface area (Å²) in [6.45, 7) is 6.52. The summed E-state index contributed by atoms with van der Waals surface area (Å²) in [6, 6.07) is 6.35. The van der Waals surface area contributed by atoms with E-state index in [0.717, 1.165) is 31.9 Å². The molecule has 0 aliphatic carbocycles. The maximum absolute atomic E-state index is 5.99. The third-order valence-electron chi connectivity index (χ3n) is 3.45. The van der Waals surface area contributed by atoms with Gasteiger partial charge in [-0.1, -0.05) is 17.7 Å². The van der Waals surface area contributed by atoms with Crippen molar-refractivity contribution in [1.82, 2.24) is 9.80 Å². The van der Waals surface area contributed by atoms with Crippen LogP contribution in [0, 0.1) is 0 Å². The second-order valence-electron chi connectivity index (χ2n) is 4.92. The van der Waals surface area contributed by atoms with Crippen LogP contribution in [0.15, 0.2) is 18.2 Å². The lowest BCUT2D eigenvalue weighted by atomic mass is 10.1. The Labute approximate surface area is 108 Å². The van der Waals surface area contributed by atoms with Crippen molar-refractivity contribution in [2.24, 2.45) is 0 Å². The van der Waals surface area contributed by atoms with Gasteiger partial charge in [0.2, 0.25) is 0 Å². The van der Waals surface area contributed by atoms with Crippen LogP contribution in [0.4, 0.5) is 5.69 Å². The summed E-state index contributed by atoms with van der Waals surface area (Å²) in [6.07, 6.45) is 0. The van der Waals surface area contributed by atoms with Crippen LogP contribution < -0.4 is 5.73 Å². The number of likely N-dealkylation sites (N-methyl/N-ethyl adjacent to an activating group) is 1. The molecular formula is C13H20ClN3. The fourth-order valence-corrected chi connectivity index (χ4v) is 2.52. The smallest absolute Gasteiger partial charge is 0.0426 e. The molecule has 4 heteroatoms. The predicted octanol–water partition coefficient (Wildman–Crippen LogP) is 2.06. The molecule has 17 heavy (non-hydrogen) atoms. The summed E-state index contributed by atoms with van der Waals surface area (Å²) in [7, 11) is 2.17. The van der Waals surface area contributed by atoms with Crippen LogP contribution in [-0.2, 0) is 6.54 Å². The average Bonchev–Trinajstić information content (AvgIpc) is 2.25. The van der Waals surface area contributed by atoms with Crippen LogP contribution in [0.5, 0.6) is 0 Å². The standard InChI is InChI=1S/C13H20ClN3/c1-10-8-16(2)5-6-17(10)9-11-3-4-12(14)7-13(11)15/h3-4,7,10H,5-6,8-9,15H2,1-2H3. The van der Waals surface area contributed by atoms with E-state index in [2.05, 4.69) is 23.8 Å². The molecule has 1 heterocycles. The maximum Gasteiger partial charge on any atom is 0.0426 e. The van der Waals surface area contributed by atoms with Gasteiger partial charge in [-0.25, -0.2) is 0 Å². The highest BCUT2D eigenvalue weighted by molar-refractivity contribution is 6.30. The third kappa shape index (κ3) is 3.12. The molecule has 3 nitrogen and oxygen atoms in total. The quantitative estimate of drug-likeness (QED) is 0.819. The molecule has 0 radical (unpaired) electrons. The number of benzene rings is 1. The van der Waals surface area contributed by atoms with Gasteiger partial charge in [-0.05, 0) is 31.7 Å². The van der Waals surface area contributed by atoms with Gasteiger partial charge in [0.1, 0.15) is 0 Å². The van der Waals surface area contributed by atoms with Gasteiger partial charge in [-0.2, -0.15) is 0 Å². The van der Waals surface area contributed by atoms with Crippen molar-refractivity contribution >= 4 is 17.3 Å². The molecule has 0 aromatic heterocycles. The minimum atomic E-state index is 0.573. The van der Waals surface area contributed by atoms with Crippen molar-refractivity contribution < 1.29 is 0 Å². The second kappa shape index (κ2) is 5.25. The molecule has 0 spiro atoms. The average molecular weight is 254 g/mol. The van der Waals surface area contributed by atoms with E-state index in [0.29, 0.717) is 11.1 Å². The number of hydrogen-bond donors (Lipinski definition) is 1. The largest absolute Gasteiger partial charge is 0.398 e. The van der Waals surface area contributed by atoms with Gasteiger partial charge in [0.25, 0.3) is 0 Å². The molecule has 1 aromatic rings. The summed E-state index contributed by atoms with van der Waals surface area (Å²) in [5, 5.41) is 0.706. The Bertz CT molecular complexity index is 394. The first-order valence-electron chi connectivity index (χ1n) is 6.03. The highest BCUT2D eigenvalue weighted by atomic mass is 35.5. The highest BCUT2D eigenvalue weighted by Crippen LogP contribution is 2.21. The van der Waals surface area contributed by atoms with Crippen LogP contribution in [0.1, 0.15) is 12.5 Å². The SMILES string of the molecule is CC1CN(C)CCN1Cc1ccc(Cl)cc1N. The first kappa shape index (κ1) is 12.7. The Morgan fingerprint density at radius 3 is 2.82 bits per heavy atom. The van der Waals surface area contributed by atoms with E-state index in [4.69, 9.17) is 17.3 Å². The zero-order chi connectivity index (χ0) is 12.4. The lowest BCUT2D eigenvalue weighted by Gasteiger charge is -2.38. The number of piperazine rings is 1. The first-order valence-corrected chi connectivity index (χ1v) is 6.40. The van der Waals surface area contributed by atoms with Gasteiger partial charge in [0.05, 0.1) is 0 Å². The van der Waals surface area contributed by atoms with Gasteiger partial charge in [0, 0.05) is 42.9 Å². The molecular weight excluding hydrogens is 234 g/mol. The summed E-state index contributed by atoms with van der Waals surface area (Å²) in [5.41, 5.74) is 7.96. The zero-order valence-electron chi connectivity index (χ0n) is 10.5. The van der Waals surface area contributed by atoms with Crippen molar-refractivity contribution in [2.45, 2.75) is 19.5 Å². The maximum atomic E-state index is 5.99. The molecule has 1 fully saturated rings. The van der Waals surface area contributed by atoms with Crippen LogP contribution in [0.25, 0.3) is 0 Å². The Kier molecular flexibility index (Phi) is 3.92. The zero-order valence-corrected chi connectivity index (χ0v) is 11.2. The van der Waals surface area contributed by atoms with E-state index >= 15 is 0 Å². The predicted molar refractivity (Wildman–Crippen MR) is 73.2 cm³/mol. The molecule has 94 valence electrons. The van der Waals surface area contributed by atoms with E-state index in [9.17, 15) is 0 Å². The van der Waals surface area contributed by atoms with Gasteiger partial charge in [-0.15, -0.1) is 0 Å². The molecule has 1 unspecified atom stereocenters. The van der Waals surface area contributed by atoms with Gasteiger partial charge >= 0.3 is 0 Å². The summed E-state index contributed by atoms with van der Waals surface area (Å²) < 4.78 is 0. The topological polar surface area (TPSA) is 32.5 Å². The number of anilines is 1. The summed E-state index contributed by atoms with van der Waals surface area (Å²) in [5.74, 6) is 0. The normalized spacial score (nSPS) is 22.9. The minimum Gasteiger partial charge on any atom is -0.398 e. The molecule has 1 aliphatic heterocycles. The second-order valence-corrected chi connectivity index (χ2v) is 5.36. The fourth-order valence-electron chi connectivity index (χ4n) is 2.34. The number of nitrogens with zero attached hydrogens (tertiary/aromatic N) is 2. The summed E-state index contributed by atoms with van der Waals surface area (Å²) >= 11 is 5.91. The van der Waals surface area contributed by atoms with E-state index in [1.54, 1.807) is 0 Å². The van der Waals surface area contributed by atoms with Crippen molar-refractivity contribution in [3.63, 3.8) is 0 Å². The third-order valence-corrected chi connectivity index (χ3v) is 3.68. The van der Waals surface area contributed by atoms with Crippen LogP contribution >= 0.6 is 11.6 Å². The molecule has 0 saturated carbocycles. The number of hydrogen-bond acceptors (Lipinski definition) is 3. The van der Waals surface area contributed by atoms with E-state index < -0.39 is 0 Å². The lowest BCUT2D eigenvalue weighted by molar-refractivity contribution is 0.0940. The molecule has 1 saturated heterocycles. The number of nitrogen functional groups attached to an aromatic ring is 1. The molecule has 2 rings (SSSR count). The Hall–Kier alpha value is -0.770. The lowest BCUT2D eigenvalue weighted by Crippen LogP contribution is -2.49. The Balaban J connectivity index is 2.05.